The zero-order valence-electron chi connectivity index (χ0n) is 10.9. The molecule has 7 heteroatoms. The highest BCUT2D eigenvalue weighted by Gasteiger charge is 2.49. The van der Waals surface area contributed by atoms with Crippen LogP contribution in [0.25, 0.3) is 0 Å². The van der Waals surface area contributed by atoms with Gasteiger partial charge in [0.2, 0.25) is 10.0 Å². The molecule has 3 rings (SSSR count). The first-order valence-electron chi connectivity index (χ1n) is 6.57. The molecule has 1 aromatic carbocycles. The van der Waals surface area contributed by atoms with Crippen molar-refractivity contribution in [3.05, 3.63) is 41.4 Å². The highest BCUT2D eigenvalue weighted by atomic mass is 35.5. The van der Waals surface area contributed by atoms with Crippen LogP contribution in [-0.2, 0) is 14.8 Å². The van der Waals surface area contributed by atoms with E-state index in [4.69, 9.17) is 11.6 Å². The third kappa shape index (κ3) is 2.59. The number of rotatable bonds is 4. The van der Waals surface area contributed by atoms with Crippen LogP contribution in [0.1, 0.15) is 6.42 Å². The maximum atomic E-state index is 12.4. The summed E-state index contributed by atoms with van der Waals surface area (Å²) < 4.78 is 27.3. The third-order valence-electron chi connectivity index (χ3n) is 4.16. The quantitative estimate of drug-likeness (QED) is 0.827. The number of fused-ring (bicyclic) bond motifs is 2. The first kappa shape index (κ1) is 14.6. The number of hydrogen-bond donors (Lipinski definition) is 2. The average Bonchev–Trinajstić information content (AvgIpc) is 2.99. The second kappa shape index (κ2) is 5.12. The van der Waals surface area contributed by atoms with E-state index in [-0.39, 0.29) is 16.7 Å². The summed E-state index contributed by atoms with van der Waals surface area (Å²) in [5, 5.41) is 9.77. The summed E-state index contributed by atoms with van der Waals surface area (Å²) in [4.78, 5) is 11.5. The Hall–Kier alpha value is -1.37. The van der Waals surface area contributed by atoms with Crippen molar-refractivity contribution in [2.75, 3.05) is 0 Å². The van der Waals surface area contributed by atoms with Gasteiger partial charge in [0, 0.05) is 11.1 Å². The first-order valence-corrected chi connectivity index (χ1v) is 8.43. The van der Waals surface area contributed by atoms with Gasteiger partial charge in [-0.15, -0.1) is 0 Å². The van der Waals surface area contributed by atoms with E-state index < -0.39 is 28.0 Å². The van der Waals surface area contributed by atoms with E-state index in [0.29, 0.717) is 11.4 Å². The molecule has 0 aromatic heterocycles. The van der Waals surface area contributed by atoms with Gasteiger partial charge in [0.05, 0.1) is 10.8 Å². The summed E-state index contributed by atoms with van der Waals surface area (Å²) in [6.45, 7) is 0. The fraction of sp³-hybridized carbons (Fsp3) is 0.357. The summed E-state index contributed by atoms with van der Waals surface area (Å²) in [5.74, 6) is -1.82. The monoisotopic (exact) mass is 327 g/mol. The maximum Gasteiger partial charge on any atom is 0.308 e. The fourth-order valence-corrected chi connectivity index (χ4v) is 4.62. The van der Waals surface area contributed by atoms with Crippen molar-refractivity contribution in [3.63, 3.8) is 0 Å². The Balaban J connectivity index is 1.87. The number of allylic oxidation sites excluding steroid dienone is 1. The number of hydrogen-bond acceptors (Lipinski definition) is 3. The van der Waals surface area contributed by atoms with Crippen LogP contribution in [0.3, 0.4) is 0 Å². The van der Waals surface area contributed by atoms with Crippen LogP contribution in [-0.4, -0.2) is 25.5 Å². The SMILES string of the molecule is O=C(O)C1C2C=CC(C2)C1NS(=O)(=O)c1ccc(Cl)cc1. The number of nitrogens with one attached hydrogen (secondary N) is 1. The lowest BCUT2D eigenvalue weighted by Crippen LogP contribution is -2.45. The number of carboxylic acids is 1. The number of benzene rings is 1. The van der Waals surface area contributed by atoms with E-state index in [0.717, 1.165) is 0 Å². The molecule has 0 amide bonds. The summed E-state index contributed by atoms with van der Waals surface area (Å²) in [7, 11) is -3.76. The Kier molecular flexibility index (Phi) is 3.55. The molecule has 0 spiro atoms. The molecule has 4 unspecified atom stereocenters. The van der Waals surface area contributed by atoms with Crippen LogP contribution in [0.15, 0.2) is 41.3 Å². The molecule has 0 saturated heterocycles. The fourth-order valence-electron chi connectivity index (χ4n) is 3.18. The van der Waals surface area contributed by atoms with Crippen molar-refractivity contribution >= 4 is 27.6 Å². The van der Waals surface area contributed by atoms with Crippen LogP contribution in [0.4, 0.5) is 0 Å². The molecule has 21 heavy (non-hydrogen) atoms. The van der Waals surface area contributed by atoms with Crippen molar-refractivity contribution in [3.8, 4) is 0 Å². The van der Waals surface area contributed by atoms with E-state index in [9.17, 15) is 18.3 Å². The Bertz CT molecular complexity index is 698. The van der Waals surface area contributed by atoms with E-state index >= 15 is 0 Å². The molecule has 2 N–H and O–H groups in total. The standard InChI is InChI=1S/C14H14ClNO4S/c15-10-3-5-11(6-4-10)21(19,20)16-13-9-2-1-8(7-9)12(13)14(17)18/h1-6,8-9,12-13,16H,7H2,(H,17,18). The molecule has 0 radical (unpaired) electrons. The number of sulfonamides is 1. The van der Waals surface area contributed by atoms with Crippen LogP contribution < -0.4 is 4.72 Å². The summed E-state index contributed by atoms with van der Waals surface area (Å²) in [5.41, 5.74) is 0. The highest BCUT2D eigenvalue weighted by Crippen LogP contribution is 2.44. The minimum absolute atomic E-state index is 0.0572. The molecule has 0 aliphatic heterocycles. The zero-order valence-corrected chi connectivity index (χ0v) is 12.5. The summed E-state index contributed by atoms with van der Waals surface area (Å²) in [6, 6.07) is 5.20. The van der Waals surface area contributed by atoms with E-state index in [1.165, 1.54) is 24.3 Å². The van der Waals surface area contributed by atoms with Gasteiger partial charge in [-0.1, -0.05) is 23.8 Å². The van der Waals surface area contributed by atoms with Crippen molar-refractivity contribution in [2.24, 2.45) is 17.8 Å². The van der Waals surface area contributed by atoms with Crippen molar-refractivity contribution in [2.45, 2.75) is 17.4 Å². The summed E-state index contributed by atoms with van der Waals surface area (Å²) >= 11 is 5.75. The second-order valence-electron chi connectivity index (χ2n) is 5.41. The van der Waals surface area contributed by atoms with Crippen LogP contribution in [0.5, 0.6) is 0 Å². The van der Waals surface area contributed by atoms with Gasteiger partial charge in [0.1, 0.15) is 0 Å². The van der Waals surface area contributed by atoms with E-state index in [2.05, 4.69) is 4.72 Å². The largest absolute Gasteiger partial charge is 0.481 e. The molecule has 2 aliphatic rings. The highest BCUT2D eigenvalue weighted by molar-refractivity contribution is 7.89. The normalized spacial score (nSPS) is 30.7. The van der Waals surface area contributed by atoms with Crippen LogP contribution in [0, 0.1) is 17.8 Å². The van der Waals surface area contributed by atoms with Gasteiger partial charge in [-0.05, 0) is 42.5 Å². The number of carbonyl (C=O) groups is 1. The molecular weight excluding hydrogens is 314 g/mol. The zero-order chi connectivity index (χ0) is 15.2. The number of carboxylic acid groups (broad SMARTS) is 1. The minimum atomic E-state index is -3.76. The topological polar surface area (TPSA) is 83.5 Å². The Morgan fingerprint density at radius 2 is 1.81 bits per heavy atom. The van der Waals surface area contributed by atoms with Gasteiger partial charge in [0.25, 0.3) is 0 Å². The van der Waals surface area contributed by atoms with Crippen molar-refractivity contribution < 1.29 is 18.3 Å². The van der Waals surface area contributed by atoms with Crippen LogP contribution in [0.2, 0.25) is 5.02 Å². The van der Waals surface area contributed by atoms with Gasteiger partial charge in [-0.25, -0.2) is 13.1 Å². The van der Waals surface area contributed by atoms with E-state index in [1.54, 1.807) is 0 Å². The molecule has 4 atom stereocenters. The lowest BCUT2D eigenvalue weighted by Gasteiger charge is -2.25. The Morgan fingerprint density at radius 1 is 1.19 bits per heavy atom. The third-order valence-corrected chi connectivity index (χ3v) is 5.89. The smallest absolute Gasteiger partial charge is 0.308 e. The number of aliphatic carboxylic acids is 1. The van der Waals surface area contributed by atoms with Gasteiger partial charge >= 0.3 is 5.97 Å². The Labute approximate surface area is 127 Å². The Morgan fingerprint density at radius 3 is 2.43 bits per heavy atom. The molecule has 2 bridgehead atoms. The average molecular weight is 328 g/mol. The predicted molar refractivity (Wildman–Crippen MR) is 77.4 cm³/mol. The molecule has 112 valence electrons. The van der Waals surface area contributed by atoms with E-state index in [1.807, 2.05) is 12.2 Å². The number of halogens is 1. The van der Waals surface area contributed by atoms with Gasteiger partial charge in [0.15, 0.2) is 0 Å². The van der Waals surface area contributed by atoms with Crippen LogP contribution >= 0.6 is 11.6 Å². The molecule has 1 fully saturated rings. The first-order chi connectivity index (χ1) is 9.88. The molecule has 2 aliphatic carbocycles. The van der Waals surface area contributed by atoms with Gasteiger partial charge in [-0.3, -0.25) is 4.79 Å². The summed E-state index contributed by atoms with van der Waals surface area (Å²) in [6.07, 6.45) is 4.46. The van der Waals surface area contributed by atoms with Gasteiger partial charge in [-0.2, -0.15) is 0 Å². The molecule has 1 saturated carbocycles. The maximum absolute atomic E-state index is 12.4. The molecular formula is C14H14ClNO4S. The van der Waals surface area contributed by atoms with Crippen molar-refractivity contribution in [1.82, 2.24) is 4.72 Å². The molecule has 0 heterocycles. The lowest BCUT2D eigenvalue weighted by molar-refractivity contribution is -0.143. The second-order valence-corrected chi connectivity index (χ2v) is 7.56. The predicted octanol–water partition coefficient (Wildman–Crippen LogP) is 1.89. The van der Waals surface area contributed by atoms with Crippen molar-refractivity contribution in [1.29, 1.82) is 0 Å². The lowest BCUT2D eigenvalue weighted by atomic mass is 9.90. The molecule has 5 nitrogen and oxygen atoms in total. The molecule has 1 aromatic rings. The van der Waals surface area contributed by atoms with Gasteiger partial charge < -0.3 is 5.11 Å². The minimum Gasteiger partial charge on any atom is -0.481 e.